The molecule has 28 heavy (non-hydrogen) atoms. The Balaban J connectivity index is 1.74. The average molecular weight is 398 g/mol. The van der Waals surface area contributed by atoms with Crippen molar-refractivity contribution in [1.29, 1.82) is 0 Å². The van der Waals surface area contributed by atoms with Crippen LogP contribution in [0.25, 0.3) is 0 Å². The van der Waals surface area contributed by atoms with E-state index < -0.39 is 48.5 Å². The third-order valence-electron chi connectivity index (χ3n) is 3.36. The number of esters is 1. The van der Waals surface area contributed by atoms with Gasteiger partial charge in [0.2, 0.25) is 0 Å². The van der Waals surface area contributed by atoms with Gasteiger partial charge in [-0.15, -0.1) is 0 Å². The number of rotatable bonds is 6. The molecule has 0 saturated carbocycles. The first-order valence-electron chi connectivity index (χ1n) is 7.81. The molecule has 2 aromatic carbocycles. The van der Waals surface area contributed by atoms with Crippen LogP contribution in [0.15, 0.2) is 48.5 Å². The Labute approximate surface area is 156 Å². The average Bonchev–Trinajstić information content (AvgIpc) is 2.64. The summed E-state index contributed by atoms with van der Waals surface area (Å²) >= 11 is 0. The standard InChI is InChI=1S/C18H14F4N2O4/c19-13-5-1-11(2-6-13)17(27)23-9-16(26)28-10-15(25)24-14-7-3-12(4-8-14)18(20,21)22/h1-8H,9-10H2,(H,23,27)(H,24,25). The minimum Gasteiger partial charge on any atom is -0.454 e. The van der Waals surface area contributed by atoms with E-state index in [2.05, 4.69) is 15.4 Å². The van der Waals surface area contributed by atoms with Crippen LogP contribution in [0.5, 0.6) is 0 Å². The lowest BCUT2D eigenvalue weighted by Crippen LogP contribution is -2.32. The van der Waals surface area contributed by atoms with Crippen molar-refractivity contribution in [3.05, 3.63) is 65.5 Å². The fraction of sp³-hybridized carbons (Fsp3) is 0.167. The molecule has 0 unspecified atom stereocenters. The Bertz CT molecular complexity index is 849. The third-order valence-corrected chi connectivity index (χ3v) is 3.36. The molecule has 0 radical (unpaired) electrons. The number of alkyl halides is 3. The minimum absolute atomic E-state index is 0.0960. The van der Waals surface area contributed by atoms with Crippen molar-refractivity contribution in [2.45, 2.75) is 6.18 Å². The molecule has 10 heteroatoms. The normalized spacial score (nSPS) is 10.9. The summed E-state index contributed by atoms with van der Waals surface area (Å²) in [6.45, 7) is -1.21. The largest absolute Gasteiger partial charge is 0.454 e. The monoisotopic (exact) mass is 398 g/mol. The number of anilines is 1. The summed E-state index contributed by atoms with van der Waals surface area (Å²) in [5.41, 5.74) is -0.637. The van der Waals surface area contributed by atoms with Gasteiger partial charge in [0.15, 0.2) is 6.61 Å². The van der Waals surface area contributed by atoms with Crippen LogP contribution in [0.1, 0.15) is 15.9 Å². The molecule has 2 rings (SSSR count). The first-order chi connectivity index (χ1) is 13.1. The lowest BCUT2D eigenvalue weighted by atomic mass is 10.2. The van der Waals surface area contributed by atoms with Crippen LogP contribution >= 0.6 is 0 Å². The van der Waals surface area contributed by atoms with Crippen molar-refractivity contribution >= 4 is 23.5 Å². The van der Waals surface area contributed by atoms with E-state index in [9.17, 15) is 31.9 Å². The van der Waals surface area contributed by atoms with E-state index in [-0.39, 0.29) is 11.3 Å². The second-order valence-electron chi connectivity index (χ2n) is 5.47. The predicted octanol–water partition coefficient (Wildman–Crippen LogP) is 2.76. The number of hydrogen-bond acceptors (Lipinski definition) is 4. The van der Waals surface area contributed by atoms with Gasteiger partial charge in [-0.25, -0.2) is 4.39 Å². The van der Waals surface area contributed by atoms with Crippen LogP contribution in [-0.2, 0) is 20.5 Å². The van der Waals surface area contributed by atoms with Crippen molar-refractivity contribution < 1.29 is 36.7 Å². The van der Waals surface area contributed by atoms with Gasteiger partial charge in [-0.2, -0.15) is 13.2 Å². The number of carbonyl (C=O) groups is 3. The van der Waals surface area contributed by atoms with Gasteiger partial charge < -0.3 is 15.4 Å². The smallest absolute Gasteiger partial charge is 0.416 e. The number of hydrogen-bond donors (Lipinski definition) is 2. The highest BCUT2D eigenvalue weighted by Crippen LogP contribution is 2.29. The van der Waals surface area contributed by atoms with E-state index in [0.717, 1.165) is 36.4 Å². The maximum atomic E-state index is 12.8. The molecule has 0 saturated heterocycles. The highest BCUT2D eigenvalue weighted by molar-refractivity contribution is 5.96. The van der Waals surface area contributed by atoms with Gasteiger partial charge in [0.1, 0.15) is 12.4 Å². The second-order valence-corrected chi connectivity index (χ2v) is 5.47. The Morgan fingerprint density at radius 3 is 2.11 bits per heavy atom. The molecule has 0 heterocycles. The van der Waals surface area contributed by atoms with Gasteiger partial charge in [0.05, 0.1) is 5.56 Å². The van der Waals surface area contributed by atoms with Crippen LogP contribution in [0.3, 0.4) is 0 Å². The van der Waals surface area contributed by atoms with E-state index in [1.54, 1.807) is 0 Å². The Hall–Kier alpha value is -3.43. The van der Waals surface area contributed by atoms with Crippen molar-refractivity contribution in [2.75, 3.05) is 18.5 Å². The van der Waals surface area contributed by atoms with Crippen molar-refractivity contribution in [3.8, 4) is 0 Å². The number of carbonyl (C=O) groups excluding carboxylic acids is 3. The van der Waals surface area contributed by atoms with Crippen molar-refractivity contribution in [2.24, 2.45) is 0 Å². The van der Waals surface area contributed by atoms with Gasteiger partial charge in [0.25, 0.3) is 11.8 Å². The molecule has 0 bridgehead atoms. The highest BCUT2D eigenvalue weighted by atomic mass is 19.4. The number of benzene rings is 2. The summed E-state index contributed by atoms with van der Waals surface area (Å²) in [5, 5.41) is 4.50. The van der Waals surface area contributed by atoms with E-state index in [4.69, 9.17) is 0 Å². The summed E-state index contributed by atoms with van der Waals surface area (Å²) in [6, 6.07) is 8.34. The molecular weight excluding hydrogens is 384 g/mol. The molecule has 6 nitrogen and oxygen atoms in total. The van der Waals surface area contributed by atoms with Crippen molar-refractivity contribution in [1.82, 2.24) is 5.32 Å². The SMILES string of the molecule is O=C(COC(=O)CNC(=O)c1ccc(F)cc1)Nc1ccc(C(F)(F)F)cc1. The lowest BCUT2D eigenvalue weighted by molar-refractivity contribution is -0.146. The van der Waals surface area contributed by atoms with E-state index in [0.29, 0.717) is 0 Å². The fourth-order valence-electron chi connectivity index (χ4n) is 1.99. The molecule has 0 aromatic heterocycles. The molecule has 0 aliphatic carbocycles. The van der Waals surface area contributed by atoms with Gasteiger partial charge in [-0.1, -0.05) is 0 Å². The zero-order valence-corrected chi connectivity index (χ0v) is 14.2. The molecule has 0 fully saturated rings. The summed E-state index contributed by atoms with van der Waals surface area (Å²) < 4.78 is 54.8. The molecular formula is C18H14F4N2O4. The van der Waals surface area contributed by atoms with Gasteiger partial charge in [0, 0.05) is 11.3 Å². The summed E-state index contributed by atoms with van der Waals surface area (Å²) in [6.07, 6.45) is -4.49. The Kier molecular flexibility index (Phi) is 6.69. The van der Waals surface area contributed by atoms with Gasteiger partial charge >= 0.3 is 12.1 Å². The summed E-state index contributed by atoms with van der Waals surface area (Å²) in [5.74, 6) is -2.82. The number of nitrogens with one attached hydrogen (secondary N) is 2. The predicted molar refractivity (Wildman–Crippen MR) is 89.8 cm³/mol. The Morgan fingerprint density at radius 2 is 1.54 bits per heavy atom. The van der Waals surface area contributed by atoms with E-state index in [1.165, 1.54) is 12.1 Å². The number of amides is 2. The fourth-order valence-corrected chi connectivity index (χ4v) is 1.99. The van der Waals surface area contributed by atoms with Crippen LogP contribution in [0.4, 0.5) is 23.2 Å². The maximum Gasteiger partial charge on any atom is 0.416 e. The van der Waals surface area contributed by atoms with Gasteiger partial charge in [-0.3, -0.25) is 14.4 Å². The lowest BCUT2D eigenvalue weighted by Gasteiger charge is -2.09. The van der Waals surface area contributed by atoms with Crippen LogP contribution in [0.2, 0.25) is 0 Å². The van der Waals surface area contributed by atoms with Crippen LogP contribution in [0, 0.1) is 5.82 Å². The van der Waals surface area contributed by atoms with E-state index >= 15 is 0 Å². The topological polar surface area (TPSA) is 84.5 Å². The van der Waals surface area contributed by atoms with Gasteiger partial charge in [-0.05, 0) is 48.5 Å². The highest BCUT2D eigenvalue weighted by Gasteiger charge is 2.30. The maximum absolute atomic E-state index is 12.8. The minimum atomic E-state index is -4.49. The molecule has 2 N–H and O–H groups in total. The second kappa shape index (κ2) is 8.98. The molecule has 2 amide bonds. The molecule has 2 aromatic rings. The Morgan fingerprint density at radius 1 is 0.929 bits per heavy atom. The molecule has 148 valence electrons. The number of ether oxygens (including phenoxy) is 1. The van der Waals surface area contributed by atoms with Crippen LogP contribution < -0.4 is 10.6 Å². The molecule has 0 aliphatic heterocycles. The quantitative estimate of drug-likeness (QED) is 0.579. The van der Waals surface area contributed by atoms with E-state index in [1.807, 2.05) is 0 Å². The molecule has 0 atom stereocenters. The first kappa shape index (κ1) is 20.9. The summed E-state index contributed by atoms with van der Waals surface area (Å²) in [7, 11) is 0. The first-order valence-corrected chi connectivity index (χ1v) is 7.81. The molecule has 0 spiro atoms. The molecule has 0 aliphatic rings. The zero-order chi connectivity index (χ0) is 20.7. The third kappa shape index (κ3) is 6.38. The number of halogens is 4. The van der Waals surface area contributed by atoms with Crippen LogP contribution in [-0.4, -0.2) is 30.9 Å². The summed E-state index contributed by atoms with van der Waals surface area (Å²) in [4.78, 5) is 34.9. The van der Waals surface area contributed by atoms with Crippen molar-refractivity contribution in [3.63, 3.8) is 0 Å². The zero-order valence-electron chi connectivity index (χ0n) is 14.2.